The van der Waals surface area contributed by atoms with Gasteiger partial charge in [-0.2, -0.15) is 0 Å². The molecule has 0 radical (unpaired) electrons. The van der Waals surface area contributed by atoms with Crippen LogP contribution in [0.25, 0.3) is 0 Å². The van der Waals surface area contributed by atoms with Gasteiger partial charge in [-0.15, -0.1) is 0 Å². The zero-order valence-corrected chi connectivity index (χ0v) is 20.4. The van der Waals surface area contributed by atoms with Crippen LogP contribution >= 0.6 is 27.7 Å². The number of anilines is 2. The maximum atomic E-state index is 13.3. The van der Waals surface area contributed by atoms with Crippen LogP contribution in [0.15, 0.2) is 88.7 Å². The Hall–Kier alpha value is -2.08. The highest BCUT2D eigenvalue weighted by atomic mass is 79.9. The minimum atomic E-state index is -0.0491. The van der Waals surface area contributed by atoms with Crippen LogP contribution in [0.3, 0.4) is 0 Å². The highest BCUT2D eigenvalue weighted by Crippen LogP contribution is 2.47. The van der Waals surface area contributed by atoms with Gasteiger partial charge in [-0.1, -0.05) is 82.3 Å². The van der Waals surface area contributed by atoms with E-state index in [0.29, 0.717) is 4.83 Å². The number of fused-ring (bicyclic) bond motifs is 2. The molecule has 0 amide bonds. The fraction of sp³-hybridized carbons (Fsp3) is 0.296. The molecule has 2 aliphatic rings. The number of alkyl halides is 1. The van der Waals surface area contributed by atoms with Crippen LogP contribution in [0.2, 0.25) is 0 Å². The quantitative estimate of drug-likeness (QED) is 0.271. The maximum absolute atomic E-state index is 13.3. The molecule has 0 N–H and O–H groups in total. The van der Waals surface area contributed by atoms with Gasteiger partial charge in [0.15, 0.2) is 5.78 Å². The molecular weight excluding hydrogens is 480 g/mol. The van der Waals surface area contributed by atoms with Gasteiger partial charge in [0.05, 0.1) is 17.4 Å². The summed E-state index contributed by atoms with van der Waals surface area (Å²) in [7, 11) is 0. The molecule has 0 aromatic heterocycles. The Labute approximate surface area is 202 Å². The molecule has 3 nitrogen and oxygen atoms in total. The number of nitrogens with zero attached hydrogens (tertiary/aromatic N) is 2. The van der Waals surface area contributed by atoms with Gasteiger partial charge in [-0.3, -0.25) is 9.69 Å². The summed E-state index contributed by atoms with van der Waals surface area (Å²) in [5, 5.41) is 0. The van der Waals surface area contributed by atoms with Gasteiger partial charge >= 0.3 is 0 Å². The minimum Gasteiger partial charge on any atom is -0.340 e. The lowest BCUT2D eigenvalue weighted by atomic mass is 9.94. The number of Topliss-reactive ketones (excluding diaryl/α,β-unsaturated/α-hetero) is 1. The Bertz CT molecular complexity index is 1040. The third-order valence-corrected chi connectivity index (χ3v) is 8.33. The largest absolute Gasteiger partial charge is 0.340 e. The Morgan fingerprint density at radius 1 is 0.875 bits per heavy atom. The summed E-state index contributed by atoms with van der Waals surface area (Å²) < 4.78 is 0. The van der Waals surface area contributed by atoms with E-state index in [2.05, 4.69) is 74.3 Å². The van der Waals surface area contributed by atoms with E-state index >= 15 is 0 Å². The van der Waals surface area contributed by atoms with E-state index in [1.165, 1.54) is 21.2 Å². The van der Waals surface area contributed by atoms with Crippen molar-refractivity contribution in [1.82, 2.24) is 4.90 Å². The molecule has 0 spiro atoms. The Morgan fingerprint density at radius 3 is 2.19 bits per heavy atom. The highest BCUT2D eigenvalue weighted by Gasteiger charge is 2.33. The number of hydrogen-bond acceptors (Lipinski definition) is 4. The van der Waals surface area contributed by atoms with Crippen LogP contribution in [0, 0.1) is 0 Å². The van der Waals surface area contributed by atoms with Crippen molar-refractivity contribution in [3.05, 3.63) is 84.4 Å². The third kappa shape index (κ3) is 4.52. The number of benzene rings is 3. The summed E-state index contributed by atoms with van der Waals surface area (Å²) in [4.78, 5) is 21.2. The monoisotopic (exact) mass is 506 g/mol. The summed E-state index contributed by atoms with van der Waals surface area (Å²) in [5.74, 6) is 0.250. The van der Waals surface area contributed by atoms with Crippen molar-refractivity contribution in [1.29, 1.82) is 0 Å². The Kier molecular flexibility index (Phi) is 6.67. The van der Waals surface area contributed by atoms with Gasteiger partial charge in [0.25, 0.3) is 0 Å². The van der Waals surface area contributed by atoms with Crippen LogP contribution in [0.1, 0.15) is 29.6 Å². The molecule has 2 heterocycles. The van der Waals surface area contributed by atoms with Crippen molar-refractivity contribution in [2.75, 3.05) is 24.5 Å². The van der Waals surface area contributed by atoms with Gasteiger partial charge in [0, 0.05) is 33.3 Å². The van der Waals surface area contributed by atoms with E-state index in [-0.39, 0.29) is 11.8 Å². The van der Waals surface area contributed by atoms with Crippen LogP contribution in [0.5, 0.6) is 0 Å². The molecule has 164 valence electrons. The molecule has 3 aromatic carbocycles. The predicted octanol–water partition coefficient (Wildman–Crippen LogP) is 6.79. The van der Waals surface area contributed by atoms with Crippen molar-refractivity contribution in [3.63, 3.8) is 0 Å². The van der Waals surface area contributed by atoms with Gasteiger partial charge < -0.3 is 4.90 Å². The summed E-state index contributed by atoms with van der Waals surface area (Å²) in [5.41, 5.74) is 3.39. The first-order valence-electron chi connectivity index (χ1n) is 11.3. The van der Waals surface area contributed by atoms with Gasteiger partial charge in [0.2, 0.25) is 0 Å². The van der Waals surface area contributed by atoms with E-state index in [1.54, 1.807) is 0 Å². The summed E-state index contributed by atoms with van der Waals surface area (Å²) in [6, 6.07) is 27.0. The first kappa shape index (κ1) is 21.7. The van der Waals surface area contributed by atoms with Crippen molar-refractivity contribution in [2.45, 2.75) is 39.9 Å². The first-order valence-corrected chi connectivity index (χ1v) is 13.0. The third-order valence-electron chi connectivity index (χ3n) is 6.37. The van der Waals surface area contributed by atoms with Crippen LogP contribution in [-0.2, 0) is 0 Å². The molecule has 3 aromatic rings. The molecule has 32 heavy (non-hydrogen) atoms. The number of likely N-dealkylation sites (tertiary alicyclic amines) is 1. The number of carbonyl (C=O) groups excluding carboxylic acids is 1. The van der Waals surface area contributed by atoms with E-state index < -0.39 is 0 Å². The number of rotatable bonds is 6. The second-order valence-corrected chi connectivity index (χ2v) is 10.8. The van der Waals surface area contributed by atoms with Gasteiger partial charge in [-0.05, 0) is 50.1 Å². The zero-order valence-electron chi connectivity index (χ0n) is 18.0. The highest BCUT2D eigenvalue weighted by molar-refractivity contribution is 9.09. The Balaban J connectivity index is 1.31. The van der Waals surface area contributed by atoms with E-state index in [0.717, 1.165) is 44.5 Å². The zero-order chi connectivity index (χ0) is 21.9. The second kappa shape index (κ2) is 9.82. The summed E-state index contributed by atoms with van der Waals surface area (Å²) in [6.07, 6.45) is 2.98. The number of halogens is 1. The van der Waals surface area contributed by atoms with Crippen LogP contribution < -0.4 is 4.90 Å². The number of hydrogen-bond donors (Lipinski definition) is 0. The van der Waals surface area contributed by atoms with Crippen molar-refractivity contribution >= 4 is 44.8 Å². The number of ketones is 1. The number of carbonyl (C=O) groups is 1. The molecule has 5 heteroatoms. The van der Waals surface area contributed by atoms with Crippen molar-refractivity contribution in [2.24, 2.45) is 0 Å². The van der Waals surface area contributed by atoms with E-state index in [1.807, 2.05) is 42.1 Å². The molecule has 1 saturated heterocycles. The second-order valence-electron chi connectivity index (χ2n) is 8.45. The molecule has 2 aliphatic heterocycles. The number of piperidine rings is 1. The van der Waals surface area contributed by atoms with Gasteiger partial charge in [-0.25, -0.2) is 0 Å². The van der Waals surface area contributed by atoms with Gasteiger partial charge in [0.1, 0.15) is 0 Å². The predicted molar refractivity (Wildman–Crippen MR) is 137 cm³/mol. The molecule has 2 unspecified atom stereocenters. The number of para-hydroxylation sites is 2. The molecular formula is C27H27BrN2OS. The standard InChI is InChI=1S/C27H27BrN2OS/c28-21-15-18-29(24(19-21)27(31)20-9-2-1-3-10-20)16-8-17-30-22-11-4-6-13-25(22)32-26-14-7-5-12-23(26)30/h1-7,9-14,21,24H,8,15-19H2. The average Bonchev–Trinajstić information content (AvgIpc) is 2.84. The fourth-order valence-corrected chi connectivity index (χ4v) is 6.41. The van der Waals surface area contributed by atoms with Crippen molar-refractivity contribution in [3.8, 4) is 0 Å². The fourth-order valence-electron chi connectivity index (χ4n) is 4.76. The topological polar surface area (TPSA) is 23.6 Å². The first-order chi connectivity index (χ1) is 15.7. The molecule has 1 fully saturated rings. The summed E-state index contributed by atoms with van der Waals surface area (Å²) >= 11 is 5.62. The van der Waals surface area contributed by atoms with Crippen molar-refractivity contribution < 1.29 is 4.79 Å². The smallest absolute Gasteiger partial charge is 0.179 e. The minimum absolute atomic E-state index is 0.0491. The molecule has 0 bridgehead atoms. The molecule has 2 atom stereocenters. The molecule has 5 rings (SSSR count). The van der Waals surface area contributed by atoms with E-state index in [4.69, 9.17) is 0 Å². The molecule has 0 saturated carbocycles. The van der Waals surface area contributed by atoms with E-state index in [9.17, 15) is 4.79 Å². The van der Waals surface area contributed by atoms with Crippen LogP contribution in [-0.4, -0.2) is 41.2 Å². The summed E-state index contributed by atoms with van der Waals surface area (Å²) in [6.45, 7) is 2.83. The lowest BCUT2D eigenvalue weighted by Gasteiger charge is -2.38. The lowest BCUT2D eigenvalue weighted by Crippen LogP contribution is -2.48. The SMILES string of the molecule is O=C(c1ccccc1)C1CC(Br)CCN1CCCN1c2ccccc2Sc2ccccc21. The Morgan fingerprint density at radius 2 is 1.50 bits per heavy atom. The lowest BCUT2D eigenvalue weighted by molar-refractivity contribution is 0.0754. The average molecular weight is 507 g/mol. The van der Waals surface area contributed by atoms with Crippen LogP contribution in [0.4, 0.5) is 11.4 Å². The molecule has 0 aliphatic carbocycles. The normalized spacial score (nSPS) is 20.5. The maximum Gasteiger partial charge on any atom is 0.179 e.